The van der Waals surface area contributed by atoms with Gasteiger partial charge >= 0.3 is 0 Å². The second kappa shape index (κ2) is 7.52. The molecule has 0 bridgehead atoms. The van der Waals surface area contributed by atoms with E-state index in [9.17, 15) is 9.18 Å². The number of halogens is 1. The van der Waals surface area contributed by atoms with Gasteiger partial charge in [0.15, 0.2) is 0 Å². The van der Waals surface area contributed by atoms with Crippen LogP contribution in [0.5, 0.6) is 0 Å². The Labute approximate surface area is 125 Å². The molecule has 5 heteroatoms. The monoisotopic (exact) mass is 293 g/mol. The number of hydrogen-bond acceptors (Lipinski definition) is 3. The van der Waals surface area contributed by atoms with Gasteiger partial charge in [-0.05, 0) is 57.1 Å². The number of aryl methyl sites for hydroxylation is 1. The first-order valence-electron chi connectivity index (χ1n) is 7.61. The topological polar surface area (TPSA) is 44.4 Å². The summed E-state index contributed by atoms with van der Waals surface area (Å²) in [5.74, 6) is -0.378. The molecule has 1 fully saturated rings. The predicted molar refractivity (Wildman–Crippen MR) is 82.9 cm³/mol. The van der Waals surface area contributed by atoms with Crippen molar-refractivity contribution in [1.82, 2.24) is 10.2 Å². The fraction of sp³-hybridized carbons (Fsp3) is 0.562. The number of carbonyl (C=O) groups is 1. The number of nitrogens with one attached hydrogen (secondary N) is 2. The van der Waals surface area contributed by atoms with E-state index in [0.717, 1.165) is 32.5 Å². The van der Waals surface area contributed by atoms with E-state index in [4.69, 9.17) is 0 Å². The van der Waals surface area contributed by atoms with Crippen molar-refractivity contribution in [2.24, 2.45) is 0 Å². The molecule has 0 aliphatic carbocycles. The van der Waals surface area contributed by atoms with Gasteiger partial charge in [0.25, 0.3) is 0 Å². The maximum atomic E-state index is 13.5. The lowest BCUT2D eigenvalue weighted by Crippen LogP contribution is -2.46. The van der Waals surface area contributed by atoms with Gasteiger partial charge in [0.05, 0.1) is 6.54 Å². The largest absolute Gasteiger partial charge is 0.325 e. The quantitative estimate of drug-likeness (QED) is 0.874. The van der Waals surface area contributed by atoms with E-state index >= 15 is 0 Å². The highest BCUT2D eigenvalue weighted by Crippen LogP contribution is 2.15. The standard InChI is InChI=1S/C16H24FN3O/c1-3-20(14-6-8-18-9-7-14)11-16(21)19-13-5-4-12(2)15(17)10-13/h4-5,10,14,18H,3,6-9,11H2,1-2H3,(H,19,21). The van der Waals surface area contributed by atoms with Crippen LogP contribution >= 0.6 is 0 Å². The van der Waals surface area contributed by atoms with Crippen LogP contribution in [0.15, 0.2) is 18.2 Å². The fourth-order valence-electron chi connectivity index (χ4n) is 2.73. The maximum Gasteiger partial charge on any atom is 0.238 e. The van der Waals surface area contributed by atoms with Gasteiger partial charge in [-0.25, -0.2) is 4.39 Å². The van der Waals surface area contributed by atoms with Crippen molar-refractivity contribution in [3.8, 4) is 0 Å². The van der Waals surface area contributed by atoms with Gasteiger partial charge in [-0.2, -0.15) is 0 Å². The zero-order valence-corrected chi connectivity index (χ0v) is 12.8. The van der Waals surface area contributed by atoms with Gasteiger partial charge in [0.1, 0.15) is 5.82 Å². The van der Waals surface area contributed by atoms with E-state index in [0.29, 0.717) is 23.8 Å². The Bertz CT molecular complexity index is 486. The smallest absolute Gasteiger partial charge is 0.238 e. The first-order chi connectivity index (χ1) is 10.1. The van der Waals surface area contributed by atoms with E-state index in [1.54, 1.807) is 19.1 Å². The van der Waals surface area contributed by atoms with Crippen molar-refractivity contribution in [1.29, 1.82) is 0 Å². The molecule has 21 heavy (non-hydrogen) atoms. The molecule has 1 heterocycles. The fourth-order valence-corrected chi connectivity index (χ4v) is 2.73. The Morgan fingerprint density at radius 2 is 2.14 bits per heavy atom. The Morgan fingerprint density at radius 3 is 2.76 bits per heavy atom. The molecule has 116 valence electrons. The van der Waals surface area contributed by atoms with Crippen LogP contribution < -0.4 is 10.6 Å². The van der Waals surface area contributed by atoms with Gasteiger partial charge in [0.2, 0.25) is 5.91 Å². The number of carbonyl (C=O) groups excluding carboxylic acids is 1. The van der Waals surface area contributed by atoms with Crippen LogP contribution in [0.2, 0.25) is 0 Å². The Kier molecular flexibility index (Phi) is 5.70. The highest BCUT2D eigenvalue weighted by Gasteiger charge is 2.21. The van der Waals surface area contributed by atoms with Gasteiger partial charge in [-0.3, -0.25) is 9.69 Å². The number of piperidine rings is 1. The molecule has 1 aliphatic rings. The molecule has 2 rings (SSSR count). The highest BCUT2D eigenvalue weighted by molar-refractivity contribution is 5.92. The van der Waals surface area contributed by atoms with Crippen molar-refractivity contribution in [2.75, 3.05) is 31.5 Å². The summed E-state index contributed by atoms with van der Waals surface area (Å²) in [4.78, 5) is 14.3. The van der Waals surface area contributed by atoms with Crippen LogP contribution in [0.3, 0.4) is 0 Å². The number of hydrogen-bond donors (Lipinski definition) is 2. The molecule has 2 N–H and O–H groups in total. The number of benzene rings is 1. The predicted octanol–water partition coefficient (Wildman–Crippen LogP) is 2.15. The molecular formula is C16H24FN3O. The second-order valence-electron chi connectivity index (χ2n) is 5.56. The Balaban J connectivity index is 1.91. The van der Waals surface area contributed by atoms with Crippen molar-refractivity contribution in [2.45, 2.75) is 32.7 Å². The molecule has 1 aromatic carbocycles. The zero-order chi connectivity index (χ0) is 15.2. The zero-order valence-electron chi connectivity index (χ0n) is 12.8. The molecule has 0 atom stereocenters. The maximum absolute atomic E-state index is 13.5. The molecular weight excluding hydrogens is 269 g/mol. The van der Waals surface area contributed by atoms with Crippen LogP contribution in [-0.2, 0) is 4.79 Å². The third kappa shape index (κ3) is 4.51. The normalized spacial score (nSPS) is 16.2. The minimum absolute atomic E-state index is 0.0846. The average Bonchev–Trinajstić information content (AvgIpc) is 2.49. The van der Waals surface area contributed by atoms with Gasteiger partial charge in [-0.1, -0.05) is 13.0 Å². The lowest BCUT2D eigenvalue weighted by molar-refractivity contribution is -0.118. The average molecular weight is 293 g/mol. The lowest BCUT2D eigenvalue weighted by atomic mass is 10.0. The molecule has 0 radical (unpaired) electrons. The van der Waals surface area contributed by atoms with Crippen molar-refractivity contribution in [3.63, 3.8) is 0 Å². The molecule has 1 amide bonds. The van der Waals surface area contributed by atoms with Crippen LogP contribution in [0.4, 0.5) is 10.1 Å². The van der Waals surface area contributed by atoms with Crippen molar-refractivity contribution >= 4 is 11.6 Å². The van der Waals surface area contributed by atoms with E-state index in [-0.39, 0.29) is 11.7 Å². The second-order valence-corrected chi connectivity index (χ2v) is 5.56. The molecule has 0 spiro atoms. The minimum atomic E-state index is -0.293. The molecule has 4 nitrogen and oxygen atoms in total. The van der Waals surface area contributed by atoms with Crippen LogP contribution in [0, 0.1) is 12.7 Å². The van der Waals surface area contributed by atoms with Crippen LogP contribution in [0.25, 0.3) is 0 Å². The van der Waals surface area contributed by atoms with E-state index in [2.05, 4.69) is 22.5 Å². The number of nitrogens with zero attached hydrogens (tertiary/aromatic N) is 1. The Hall–Kier alpha value is -1.46. The van der Waals surface area contributed by atoms with Crippen molar-refractivity contribution < 1.29 is 9.18 Å². The van der Waals surface area contributed by atoms with Crippen molar-refractivity contribution in [3.05, 3.63) is 29.6 Å². The summed E-state index contributed by atoms with van der Waals surface area (Å²) >= 11 is 0. The summed E-state index contributed by atoms with van der Waals surface area (Å²) in [6.45, 7) is 6.99. The third-order valence-corrected chi connectivity index (χ3v) is 4.03. The first kappa shape index (κ1) is 15.9. The summed E-state index contributed by atoms with van der Waals surface area (Å²) in [5, 5.41) is 6.11. The number of rotatable bonds is 5. The van der Waals surface area contributed by atoms with Gasteiger partial charge < -0.3 is 10.6 Å². The first-order valence-corrected chi connectivity index (χ1v) is 7.61. The van der Waals surface area contributed by atoms with E-state index in [1.807, 2.05) is 0 Å². The minimum Gasteiger partial charge on any atom is -0.325 e. The number of likely N-dealkylation sites (N-methyl/N-ethyl adjacent to an activating group) is 1. The number of amides is 1. The van der Waals surface area contributed by atoms with Gasteiger partial charge in [0, 0.05) is 11.7 Å². The molecule has 0 unspecified atom stereocenters. The molecule has 0 aromatic heterocycles. The lowest BCUT2D eigenvalue weighted by Gasteiger charge is -2.33. The van der Waals surface area contributed by atoms with E-state index < -0.39 is 0 Å². The summed E-state index contributed by atoms with van der Waals surface area (Å²) < 4.78 is 13.5. The molecule has 1 saturated heterocycles. The number of anilines is 1. The summed E-state index contributed by atoms with van der Waals surface area (Å²) in [5.41, 5.74) is 1.10. The summed E-state index contributed by atoms with van der Waals surface area (Å²) in [6.07, 6.45) is 2.14. The summed E-state index contributed by atoms with van der Waals surface area (Å²) in [7, 11) is 0. The highest BCUT2D eigenvalue weighted by atomic mass is 19.1. The van der Waals surface area contributed by atoms with Crippen LogP contribution in [0.1, 0.15) is 25.3 Å². The molecule has 1 aromatic rings. The van der Waals surface area contributed by atoms with Gasteiger partial charge in [-0.15, -0.1) is 0 Å². The molecule has 0 saturated carbocycles. The molecule has 1 aliphatic heterocycles. The van der Waals surface area contributed by atoms with E-state index in [1.165, 1.54) is 6.07 Å². The Morgan fingerprint density at radius 1 is 1.43 bits per heavy atom. The SMILES string of the molecule is CCN(CC(=O)Nc1ccc(C)c(F)c1)C1CCNCC1. The van der Waals surface area contributed by atoms with Crippen LogP contribution in [-0.4, -0.2) is 43.0 Å². The summed E-state index contributed by atoms with van der Waals surface area (Å²) in [6, 6.07) is 5.23. The third-order valence-electron chi connectivity index (χ3n) is 4.03.